The van der Waals surface area contributed by atoms with E-state index in [1.54, 1.807) is 6.07 Å². The number of aromatic nitrogens is 3. The predicted octanol–water partition coefficient (Wildman–Crippen LogP) is 3.04. The summed E-state index contributed by atoms with van der Waals surface area (Å²) in [5, 5.41) is 2.95. The van der Waals surface area contributed by atoms with Gasteiger partial charge in [-0.25, -0.2) is 9.78 Å². The van der Waals surface area contributed by atoms with Crippen LogP contribution in [0.5, 0.6) is 5.75 Å². The van der Waals surface area contributed by atoms with Crippen molar-refractivity contribution >= 4 is 16.9 Å². The van der Waals surface area contributed by atoms with Crippen molar-refractivity contribution in [2.45, 2.75) is 53.5 Å². The monoisotopic (exact) mass is 438 g/mol. The molecule has 0 saturated carbocycles. The lowest BCUT2D eigenvalue weighted by atomic mass is 10.0. The number of nitrogens with one attached hydrogen (secondary N) is 2. The highest BCUT2D eigenvalue weighted by Gasteiger charge is 2.20. The van der Waals surface area contributed by atoms with Gasteiger partial charge in [0.1, 0.15) is 12.4 Å². The van der Waals surface area contributed by atoms with Crippen molar-refractivity contribution < 1.29 is 9.53 Å². The van der Waals surface area contributed by atoms with E-state index in [1.165, 1.54) is 4.57 Å². The Morgan fingerprint density at radius 2 is 1.91 bits per heavy atom. The average Bonchev–Trinajstić information content (AvgIpc) is 2.74. The van der Waals surface area contributed by atoms with Crippen LogP contribution in [0.2, 0.25) is 0 Å². The summed E-state index contributed by atoms with van der Waals surface area (Å²) in [6.07, 6.45) is 0.686. The Balaban J connectivity index is 1.91. The second-order valence-electron chi connectivity index (χ2n) is 8.18. The number of rotatable bonds is 8. The maximum Gasteiger partial charge on any atom is 0.329 e. The quantitative estimate of drug-likeness (QED) is 0.526. The summed E-state index contributed by atoms with van der Waals surface area (Å²) in [5.41, 5.74) is 2.00. The lowest BCUT2D eigenvalue weighted by Crippen LogP contribution is -2.34. The number of pyridine rings is 1. The number of para-hydroxylation sites is 1. The van der Waals surface area contributed by atoms with E-state index in [9.17, 15) is 14.4 Å². The molecule has 3 aromatic rings. The lowest BCUT2D eigenvalue weighted by Gasteiger charge is -2.15. The fourth-order valence-corrected chi connectivity index (χ4v) is 3.64. The predicted molar refractivity (Wildman–Crippen MR) is 125 cm³/mol. The lowest BCUT2D eigenvalue weighted by molar-refractivity contribution is 0.0948. The first-order chi connectivity index (χ1) is 15.2. The SMILES string of the molecule is CCCn1c(=O)[nH]c(=O)c2c(C(=O)NCCOc3c(C)cccc3C)cc(C(C)C)nc21. The Kier molecular flexibility index (Phi) is 7.12. The topological polar surface area (TPSA) is 106 Å². The Hall–Kier alpha value is -3.42. The summed E-state index contributed by atoms with van der Waals surface area (Å²) in [4.78, 5) is 44.9. The molecule has 8 heteroatoms. The Labute approximate surface area is 186 Å². The highest BCUT2D eigenvalue weighted by molar-refractivity contribution is 6.05. The van der Waals surface area contributed by atoms with Gasteiger partial charge in [-0.3, -0.25) is 19.1 Å². The number of carbonyl (C=O) groups excluding carboxylic acids is 1. The second kappa shape index (κ2) is 9.80. The summed E-state index contributed by atoms with van der Waals surface area (Å²) in [6.45, 7) is 10.7. The molecule has 1 aromatic carbocycles. The standard InChI is InChI=1S/C24H30N4O4/c1-6-11-28-21-19(23(30)27-24(28)31)17(13-18(26-21)14(2)3)22(29)25-10-12-32-20-15(4)8-7-9-16(20)5/h7-9,13-14H,6,10-12H2,1-5H3,(H,25,29)(H,27,30,31). The van der Waals surface area contributed by atoms with Crippen LogP contribution in [-0.2, 0) is 6.54 Å². The maximum atomic E-state index is 13.1. The number of aryl methyl sites for hydroxylation is 3. The van der Waals surface area contributed by atoms with E-state index in [0.29, 0.717) is 18.7 Å². The summed E-state index contributed by atoms with van der Waals surface area (Å²) in [7, 11) is 0. The third kappa shape index (κ3) is 4.74. The highest BCUT2D eigenvalue weighted by atomic mass is 16.5. The van der Waals surface area contributed by atoms with Gasteiger partial charge >= 0.3 is 5.69 Å². The van der Waals surface area contributed by atoms with E-state index < -0.39 is 17.2 Å². The molecule has 0 bridgehead atoms. The minimum atomic E-state index is -0.614. The summed E-state index contributed by atoms with van der Waals surface area (Å²) >= 11 is 0. The van der Waals surface area contributed by atoms with Crippen LogP contribution in [-0.4, -0.2) is 33.6 Å². The van der Waals surface area contributed by atoms with Gasteiger partial charge in [0.2, 0.25) is 0 Å². The van der Waals surface area contributed by atoms with Crippen molar-refractivity contribution in [2.75, 3.05) is 13.2 Å². The van der Waals surface area contributed by atoms with Crippen LogP contribution >= 0.6 is 0 Å². The van der Waals surface area contributed by atoms with Crippen molar-refractivity contribution in [3.63, 3.8) is 0 Å². The first-order valence-corrected chi connectivity index (χ1v) is 10.9. The molecule has 0 fully saturated rings. The van der Waals surface area contributed by atoms with Gasteiger partial charge in [-0.1, -0.05) is 39.0 Å². The van der Waals surface area contributed by atoms with Gasteiger partial charge in [-0.05, 0) is 43.4 Å². The number of nitrogens with zero attached hydrogens (tertiary/aromatic N) is 2. The molecule has 32 heavy (non-hydrogen) atoms. The molecule has 2 N–H and O–H groups in total. The fourth-order valence-electron chi connectivity index (χ4n) is 3.64. The number of ether oxygens (including phenoxy) is 1. The van der Waals surface area contributed by atoms with Gasteiger partial charge in [0.05, 0.1) is 17.5 Å². The van der Waals surface area contributed by atoms with Crippen LogP contribution in [0.3, 0.4) is 0 Å². The van der Waals surface area contributed by atoms with Crippen LogP contribution in [0.1, 0.15) is 60.3 Å². The zero-order valence-electron chi connectivity index (χ0n) is 19.2. The minimum absolute atomic E-state index is 0.0165. The first kappa shape index (κ1) is 23.2. The van der Waals surface area contributed by atoms with Crippen molar-refractivity contribution in [1.82, 2.24) is 19.9 Å². The number of aromatic amines is 1. The smallest absolute Gasteiger partial charge is 0.329 e. The molecule has 1 amide bonds. The van der Waals surface area contributed by atoms with Crippen LogP contribution in [0.4, 0.5) is 0 Å². The Bertz CT molecular complexity index is 1240. The van der Waals surface area contributed by atoms with Gasteiger partial charge in [0, 0.05) is 12.2 Å². The fraction of sp³-hybridized carbons (Fsp3) is 0.417. The Morgan fingerprint density at radius 1 is 1.22 bits per heavy atom. The molecule has 0 aliphatic rings. The molecule has 170 valence electrons. The molecule has 0 saturated heterocycles. The molecule has 0 spiro atoms. The Morgan fingerprint density at radius 3 is 2.53 bits per heavy atom. The molecule has 0 atom stereocenters. The number of H-pyrrole nitrogens is 1. The molecule has 8 nitrogen and oxygen atoms in total. The number of hydrogen-bond donors (Lipinski definition) is 2. The largest absolute Gasteiger partial charge is 0.491 e. The zero-order valence-corrected chi connectivity index (χ0v) is 19.2. The summed E-state index contributed by atoms with van der Waals surface area (Å²) in [6, 6.07) is 7.54. The van der Waals surface area contributed by atoms with Gasteiger partial charge in [0.15, 0.2) is 5.65 Å². The summed E-state index contributed by atoms with van der Waals surface area (Å²) in [5.74, 6) is 0.414. The number of hydrogen-bond acceptors (Lipinski definition) is 5. The van der Waals surface area contributed by atoms with Crippen LogP contribution in [0.25, 0.3) is 11.0 Å². The first-order valence-electron chi connectivity index (χ1n) is 10.9. The molecular formula is C24H30N4O4. The van der Waals surface area contributed by atoms with Crippen LogP contribution in [0, 0.1) is 13.8 Å². The van der Waals surface area contributed by atoms with Gasteiger partial charge in [-0.2, -0.15) is 0 Å². The molecular weight excluding hydrogens is 408 g/mol. The normalized spacial score (nSPS) is 11.2. The second-order valence-corrected chi connectivity index (χ2v) is 8.18. The maximum absolute atomic E-state index is 13.1. The molecule has 0 aliphatic heterocycles. The molecule has 0 aliphatic carbocycles. The van der Waals surface area contributed by atoms with Crippen molar-refractivity contribution in [2.24, 2.45) is 0 Å². The van der Waals surface area contributed by atoms with E-state index in [2.05, 4.69) is 15.3 Å². The summed E-state index contributed by atoms with van der Waals surface area (Å²) < 4.78 is 7.27. The van der Waals surface area contributed by atoms with Gasteiger partial charge in [-0.15, -0.1) is 0 Å². The number of benzene rings is 1. The van der Waals surface area contributed by atoms with E-state index in [1.807, 2.05) is 52.8 Å². The van der Waals surface area contributed by atoms with Crippen LogP contribution in [0.15, 0.2) is 33.9 Å². The molecule has 2 aromatic heterocycles. The molecule has 3 rings (SSSR count). The number of amides is 1. The molecule has 0 unspecified atom stereocenters. The minimum Gasteiger partial charge on any atom is -0.491 e. The third-order valence-corrected chi connectivity index (χ3v) is 5.29. The zero-order chi connectivity index (χ0) is 23.4. The molecule has 0 radical (unpaired) electrons. The van der Waals surface area contributed by atoms with Crippen molar-refractivity contribution in [3.05, 3.63) is 67.5 Å². The van der Waals surface area contributed by atoms with E-state index >= 15 is 0 Å². The highest BCUT2D eigenvalue weighted by Crippen LogP contribution is 2.22. The van der Waals surface area contributed by atoms with Crippen molar-refractivity contribution in [1.29, 1.82) is 0 Å². The molecule has 2 heterocycles. The van der Waals surface area contributed by atoms with Crippen molar-refractivity contribution in [3.8, 4) is 5.75 Å². The van der Waals surface area contributed by atoms with Crippen LogP contribution < -0.4 is 21.3 Å². The van der Waals surface area contributed by atoms with E-state index in [-0.39, 0.29) is 35.7 Å². The number of carbonyl (C=O) groups is 1. The van der Waals surface area contributed by atoms with Gasteiger partial charge < -0.3 is 10.1 Å². The number of fused-ring (bicyclic) bond motifs is 1. The van der Waals surface area contributed by atoms with E-state index in [0.717, 1.165) is 16.9 Å². The van der Waals surface area contributed by atoms with Gasteiger partial charge in [0.25, 0.3) is 11.5 Å². The van der Waals surface area contributed by atoms with E-state index in [4.69, 9.17) is 4.74 Å². The third-order valence-electron chi connectivity index (χ3n) is 5.29. The average molecular weight is 439 g/mol.